The van der Waals surface area contributed by atoms with Gasteiger partial charge in [-0.05, 0) is 55.0 Å². The highest BCUT2D eigenvalue weighted by Gasteiger charge is 2.16. The standard InChI is InChI=1S/C20H19NO3/c1-14-15(13-16-5-3-4-6-19(16)24-14)7-12-20(22)21-17-8-10-18(23-2)11-9-17/h3-14H,1-2H3,(H,21,22)/b12-7+. The highest BCUT2D eigenvalue weighted by molar-refractivity contribution is 5.99. The van der Waals surface area contributed by atoms with Crippen molar-refractivity contribution in [2.45, 2.75) is 13.0 Å². The Bertz CT molecular complexity index is 791. The highest BCUT2D eigenvalue weighted by atomic mass is 16.5. The molecule has 0 aromatic heterocycles. The van der Waals surface area contributed by atoms with Gasteiger partial charge in [0.15, 0.2) is 0 Å². The molecule has 1 amide bonds. The second-order valence-corrected chi connectivity index (χ2v) is 5.49. The molecule has 1 heterocycles. The van der Waals surface area contributed by atoms with Gasteiger partial charge in [0.2, 0.25) is 5.91 Å². The fraction of sp³-hybridized carbons (Fsp3) is 0.150. The molecule has 0 bridgehead atoms. The molecule has 0 saturated heterocycles. The average Bonchev–Trinajstić information content (AvgIpc) is 2.60. The first-order valence-electron chi connectivity index (χ1n) is 7.76. The zero-order chi connectivity index (χ0) is 16.9. The van der Waals surface area contributed by atoms with Gasteiger partial charge >= 0.3 is 0 Å². The summed E-state index contributed by atoms with van der Waals surface area (Å²) < 4.78 is 10.9. The number of benzene rings is 2. The molecule has 0 radical (unpaired) electrons. The summed E-state index contributed by atoms with van der Waals surface area (Å²) in [6.07, 6.45) is 5.26. The van der Waals surface area contributed by atoms with E-state index in [-0.39, 0.29) is 12.0 Å². The van der Waals surface area contributed by atoms with E-state index in [9.17, 15) is 4.79 Å². The summed E-state index contributed by atoms with van der Waals surface area (Å²) in [5, 5.41) is 2.82. The van der Waals surface area contributed by atoms with Crippen molar-refractivity contribution in [1.82, 2.24) is 0 Å². The molecule has 0 aliphatic carbocycles. The maximum Gasteiger partial charge on any atom is 0.248 e. The number of fused-ring (bicyclic) bond motifs is 1. The topological polar surface area (TPSA) is 47.6 Å². The highest BCUT2D eigenvalue weighted by Crippen LogP contribution is 2.29. The van der Waals surface area contributed by atoms with Crippen LogP contribution in [-0.4, -0.2) is 19.1 Å². The van der Waals surface area contributed by atoms with E-state index in [0.717, 1.165) is 28.3 Å². The Labute approximate surface area is 141 Å². The lowest BCUT2D eigenvalue weighted by atomic mass is 10.0. The van der Waals surface area contributed by atoms with E-state index in [1.54, 1.807) is 37.5 Å². The van der Waals surface area contributed by atoms with Crippen molar-refractivity contribution in [2.24, 2.45) is 0 Å². The van der Waals surface area contributed by atoms with E-state index in [2.05, 4.69) is 5.32 Å². The van der Waals surface area contributed by atoms with E-state index >= 15 is 0 Å². The quantitative estimate of drug-likeness (QED) is 0.864. The van der Waals surface area contributed by atoms with Gasteiger partial charge in [-0.25, -0.2) is 0 Å². The molecule has 1 aliphatic rings. The van der Waals surface area contributed by atoms with E-state index < -0.39 is 0 Å². The summed E-state index contributed by atoms with van der Waals surface area (Å²) >= 11 is 0. The van der Waals surface area contributed by atoms with Crippen LogP contribution >= 0.6 is 0 Å². The molecular formula is C20H19NO3. The van der Waals surface area contributed by atoms with Crippen LogP contribution in [-0.2, 0) is 4.79 Å². The van der Waals surface area contributed by atoms with Gasteiger partial charge in [-0.1, -0.05) is 18.2 Å². The minimum atomic E-state index is -0.188. The van der Waals surface area contributed by atoms with E-state index in [4.69, 9.17) is 9.47 Å². The van der Waals surface area contributed by atoms with Crippen molar-refractivity contribution in [3.05, 3.63) is 71.8 Å². The van der Waals surface area contributed by atoms with Crippen LogP contribution in [0.15, 0.2) is 66.3 Å². The van der Waals surface area contributed by atoms with Gasteiger partial charge in [-0.3, -0.25) is 4.79 Å². The molecule has 2 aromatic carbocycles. The average molecular weight is 321 g/mol. The zero-order valence-corrected chi connectivity index (χ0v) is 13.7. The van der Waals surface area contributed by atoms with Gasteiger partial charge in [-0.15, -0.1) is 0 Å². The van der Waals surface area contributed by atoms with Crippen LogP contribution in [0.5, 0.6) is 11.5 Å². The van der Waals surface area contributed by atoms with Gasteiger partial charge in [0, 0.05) is 17.3 Å². The number of nitrogens with one attached hydrogen (secondary N) is 1. The van der Waals surface area contributed by atoms with Gasteiger partial charge in [0.05, 0.1) is 7.11 Å². The lowest BCUT2D eigenvalue weighted by Gasteiger charge is -2.22. The third-order valence-electron chi connectivity index (χ3n) is 3.80. The van der Waals surface area contributed by atoms with E-state index in [0.29, 0.717) is 0 Å². The van der Waals surface area contributed by atoms with Crippen LogP contribution in [0.4, 0.5) is 5.69 Å². The van der Waals surface area contributed by atoms with E-state index in [1.165, 1.54) is 6.08 Å². The number of hydrogen-bond donors (Lipinski definition) is 1. The van der Waals surface area contributed by atoms with Crippen molar-refractivity contribution in [3.8, 4) is 11.5 Å². The number of carbonyl (C=O) groups excluding carboxylic acids is 1. The Kier molecular flexibility index (Phi) is 4.66. The molecule has 1 N–H and O–H groups in total. The minimum absolute atomic E-state index is 0.0927. The number of para-hydroxylation sites is 1. The number of hydrogen-bond acceptors (Lipinski definition) is 3. The van der Waals surface area contributed by atoms with Crippen LogP contribution < -0.4 is 14.8 Å². The first-order valence-corrected chi connectivity index (χ1v) is 7.76. The SMILES string of the molecule is COc1ccc(NC(=O)/C=C/C2=Cc3ccccc3OC2C)cc1. The molecule has 0 saturated carbocycles. The number of carbonyl (C=O) groups is 1. The van der Waals surface area contributed by atoms with Crippen molar-refractivity contribution < 1.29 is 14.3 Å². The molecule has 24 heavy (non-hydrogen) atoms. The molecule has 1 aliphatic heterocycles. The molecule has 2 aromatic rings. The monoisotopic (exact) mass is 321 g/mol. The summed E-state index contributed by atoms with van der Waals surface area (Å²) in [6.45, 7) is 1.97. The Morgan fingerprint density at radius 3 is 2.67 bits per heavy atom. The first kappa shape index (κ1) is 15.9. The number of anilines is 1. The van der Waals surface area contributed by atoms with Crippen molar-refractivity contribution in [1.29, 1.82) is 0 Å². The summed E-state index contributed by atoms with van der Waals surface area (Å²) in [5.74, 6) is 1.43. The second kappa shape index (κ2) is 7.04. The lowest BCUT2D eigenvalue weighted by Crippen LogP contribution is -2.18. The Balaban J connectivity index is 1.68. The Hall–Kier alpha value is -3.01. The van der Waals surface area contributed by atoms with Crippen LogP contribution in [0.1, 0.15) is 12.5 Å². The summed E-state index contributed by atoms with van der Waals surface area (Å²) in [7, 11) is 1.61. The summed E-state index contributed by atoms with van der Waals surface area (Å²) in [6, 6.07) is 15.0. The molecule has 4 nitrogen and oxygen atoms in total. The zero-order valence-electron chi connectivity index (χ0n) is 13.7. The van der Waals surface area contributed by atoms with Crippen LogP contribution in [0, 0.1) is 0 Å². The number of ether oxygens (including phenoxy) is 2. The van der Waals surface area contributed by atoms with Gasteiger partial charge < -0.3 is 14.8 Å². The largest absolute Gasteiger partial charge is 0.497 e. The van der Waals surface area contributed by atoms with Crippen LogP contribution in [0.25, 0.3) is 6.08 Å². The van der Waals surface area contributed by atoms with Crippen LogP contribution in [0.3, 0.4) is 0 Å². The molecular weight excluding hydrogens is 302 g/mol. The molecule has 1 unspecified atom stereocenters. The summed E-state index contributed by atoms with van der Waals surface area (Å²) in [5.41, 5.74) is 2.70. The third-order valence-corrected chi connectivity index (χ3v) is 3.80. The maximum absolute atomic E-state index is 12.1. The first-order chi connectivity index (χ1) is 11.7. The third kappa shape index (κ3) is 3.66. The Morgan fingerprint density at radius 2 is 1.92 bits per heavy atom. The number of amides is 1. The van der Waals surface area contributed by atoms with E-state index in [1.807, 2.05) is 37.3 Å². The molecule has 0 fully saturated rings. The van der Waals surface area contributed by atoms with Crippen LogP contribution in [0.2, 0.25) is 0 Å². The van der Waals surface area contributed by atoms with Crippen molar-refractivity contribution >= 4 is 17.7 Å². The fourth-order valence-corrected chi connectivity index (χ4v) is 2.48. The molecule has 0 spiro atoms. The number of methoxy groups -OCH3 is 1. The summed E-state index contributed by atoms with van der Waals surface area (Å²) in [4.78, 5) is 12.1. The van der Waals surface area contributed by atoms with Gasteiger partial charge in [0.1, 0.15) is 17.6 Å². The molecule has 1 atom stereocenters. The number of rotatable bonds is 4. The van der Waals surface area contributed by atoms with Crippen molar-refractivity contribution in [2.75, 3.05) is 12.4 Å². The van der Waals surface area contributed by atoms with Gasteiger partial charge in [0.25, 0.3) is 0 Å². The predicted molar refractivity (Wildman–Crippen MR) is 95.3 cm³/mol. The normalized spacial score (nSPS) is 16.1. The lowest BCUT2D eigenvalue weighted by molar-refractivity contribution is -0.111. The van der Waals surface area contributed by atoms with Gasteiger partial charge in [-0.2, -0.15) is 0 Å². The fourth-order valence-electron chi connectivity index (χ4n) is 2.48. The Morgan fingerprint density at radius 1 is 1.17 bits per heavy atom. The van der Waals surface area contributed by atoms with Crippen molar-refractivity contribution in [3.63, 3.8) is 0 Å². The predicted octanol–water partition coefficient (Wildman–Crippen LogP) is 4.05. The molecule has 122 valence electrons. The molecule has 4 heteroatoms. The minimum Gasteiger partial charge on any atom is -0.497 e. The molecule has 3 rings (SSSR count). The smallest absolute Gasteiger partial charge is 0.248 e. The maximum atomic E-state index is 12.1. The second-order valence-electron chi connectivity index (χ2n) is 5.49.